The van der Waals surface area contributed by atoms with Gasteiger partial charge in [0.1, 0.15) is 5.60 Å². The maximum absolute atomic E-state index is 12.5. The maximum Gasteiger partial charge on any atom is 0.410 e. The van der Waals surface area contributed by atoms with E-state index in [4.69, 9.17) is 9.72 Å². The Morgan fingerprint density at radius 3 is 2.61 bits per heavy atom. The first-order valence-electron chi connectivity index (χ1n) is 9.93. The van der Waals surface area contributed by atoms with Gasteiger partial charge in [0.05, 0.1) is 5.69 Å². The van der Waals surface area contributed by atoms with Crippen molar-refractivity contribution in [2.24, 2.45) is 0 Å². The minimum absolute atomic E-state index is 0.0205. The van der Waals surface area contributed by atoms with Gasteiger partial charge in [-0.1, -0.05) is 24.3 Å². The summed E-state index contributed by atoms with van der Waals surface area (Å²) in [7, 11) is 1.84. The number of hydrogen-bond donors (Lipinski definition) is 1. The molecule has 1 aromatic heterocycles. The van der Waals surface area contributed by atoms with Crippen LogP contribution in [0.15, 0.2) is 30.5 Å². The van der Waals surface area contributed by atoms with Crippen LogP contribution in [0.4, 0.5) is 10.7 Å². The molecule has 1 amide bonds. The number of fused-ring (bicyclic) bond motifs is 4. The van der Waals surface area contributed by atoms with Crippen LogP contribution in [-0.4, -0.2) is 46.7 Å². The molecule has 28 heavy (non-hydrogen) atoms. The number of benzene rings is 1. The SMILES string of the molecule is CNc1ncc2c(n1)-c1ccccc1C1(CCN(C(=O)OC(C)(C)C)CC1)C2. The second kappa shape index (κ2) is 6.76. The van der Waals surface area contributed by atoms with Gasteiger partial charge in [-0.25, -0.2) is 14.8 Å². The predicted molar refractivity (Wildman–Crippen MR) is 109 cm³/mol. The molecule has 1 fully saturated rings. The Labute approximate surface area is 166 Å². The minimum atomic E-state index is -0.467. The third-order valence-electron chi connectivity index (χ3n) is 5.74. The molecule has 0 saturated carbocycles. The normalized spacial score (nSPS) is 17.6. The zero-order chi connectivity index (χ0) is 19.9. The van der Waals surface area contributed by atoms with Crippen LogP contribution in [0.5, 0.6) is 0 Å². The molecule has 2 aromatic rings. The molecule has 1 aromatic carbocycles. The van der Waals surface area contributed by atoms with E-state index in [0.717, 1.165) is 25.0 Å². The van der Waals surface area contributed by atoms with Gasteiger partial charge in [-0.15, -0.1) is 0 Å². The first-order chi connectivity index (χ1) is 13.3. The molecule has 0 bridgehead atoms. The number of ether oxygens (including phenoxy) is 1. The van der Waals surface area contributed by atoms with Gasteiger partial charge in [0.2, 0.25) is 5.95 Å². The van der Waals surface area contributed by atoms with Crippen molar-refractivity contribution in [1.82, 2.24) is 14.9 Å². The number of nitrogens with zero attached hydrogens (tertiary/aromatic N) is 3. The molecule has 1 saturated heterocycles. The standard InChI is InChI=1S/C22H28N4O2/c1-21(2,3)28-20(27)26-11-9-22(10-12-26)13-15-14-24-19(23-4)25-18(15)16-7-5-6-8-17(16)22/h5-8,14H,9-13H2,1-4H3,(H,23,24,25). The molecule has 2 aliphatic rings. The summed E-state index contributed by atoms with van der Waals surface area (Å²) in [5, 5.41) is 3.04. The van der Waals surface area contributed by atoms with Crippen molar-refractivity contribution in [2.45, 2.75) is 51.0 Å². The van der Waals surface area contributed by atoms with Crippen molar-refractivity contribution >= 4 is 12.0 Å². The molecule has 0 unspecified atom stereocenters. The lowest BCUT2D eigenvalue weighted by molar-refractivity contribution is 0.0162. The van der Waals surface area contributed by atoms with Gasteiger partial charge in [0.25, 0.3) is 0 Å². The molecule has 6 nitrogen and oxygen atoms in total. The van der Waals surface area contributed by atoms with Gasteiger partial charge in [-0.05, 0) is 51.2 Å². The summed E-state index contributed by atoms with van der Waals surface area (Å²) in [5.74, 6) is 0.643. The van der Waals surface area contributed by atoms with E-state index in [2.05, 4.69) is 34.6 Å². The second-order valence-corrected chi connectivity index (χ2v) is 8.79. The van der Waals surface area contributed by atoms with E-state index >= 15 is 0 Å². The Bertz CT molecular complexity index is 896. The van der Waals surface area contributed by atoms with E-state index in [-0.39, 0.29) is 11.5 Å². The topological polar surface area (TPSA) is 67.4 Å². The summed E-state index contributed by atoms with van der Waals surface area (Å²) in [4.78, 5) is 23.5. The van der Waals surface area contributed by atoms with Crippen molar-refractivity contribution in [3.05, 3.63) is 41.6 Å². The third-order valence-corrected chi connectivity index (χ3v) is 5.74. The molecule has 1 spiro atoms. The average molecular weight is 380 g/mol. The Kier molecular flexibility index (Phi) is 4.52. The molecule has 148 valence electrons. The van der Waals surface area contributed by atoms with Gasteiger partial charge in [-0.3, -0.25) is 0 Å². The van der Waals surface area contributed by atoms with Gasteiger partial charge in [0.15, 0.2) is 0 Å². The number of aromatic nitrogens is 2. The largest absolute Gasteiger partial charge is 0.444 e. The van der Waals surface area contributed by atoms with E-state index < -0.39 is 5.60 Å². The highest BCUT2D eigenvalue weighted by molar-refractivity contribution is 5.73. The number of piperidine rings is 1. The van der Waals surface area contributed by atoms with Gasteiger partial charge >= 0.3 is 6.09 Å². The van der Waals surface area contributed by atoms with E-state index in [1.165, 1.54) is 16.7 Å². The summed E-state index contributed by atoms with van der Waals surface area (Å²) in [6.45, 7) is 7.13. The van der Waals surface area contributed by atoms with Gasteiger partial charge in [0, 0.05) is 37.3 Å². The Hall–Kier alpha value is -2.63. The molecule has 6 heteroatoms. The maximum atomic E-state index is 12.5. The number of carbonyl (C=O) groups excluding carboxylic acids is 1. The quantitative estimate of drug-likeness (QED) is 0.810. The molecule has 1 N–H and O–H groups in total. The lowest BCUT2D eigenvalue weighted by atomic mass is 9.64. The van der Waals surface area contributed by atoms with Crippen LogP contribution >= 0.6 is 0 Å². The van der Waals surface area contributed by atoms with E-state index in [0.29, 0.717) is 19.0 Å². The van der Waals surface area contributed by atoms with Crippen molar-refractivity contribution in [1.29, 1.82) is 0 Å². The molecule has 2 heterocycles. The highest BCUT2D eigenvalue weighted by Crippen LogP contribution is 2.47. The number of anilines is 1. The van der Waals surface area contributed by atoms with Crippen LogP contribution in [0.25, 0.3) is 11.3 Å². The average Bonchev–Trinajstić information content (AvgIpc) is 2.67. The predicted octanol–water partition coefficient (Wildman–Crippen LogP) is 4.01. The third kappa shape index (κ3) is 3.32. The van der Waals surface area contributed by atoms with Gasteiger partial charge in [-0.2, -0.15) is 0 Å². The summed E-state index contributed by atoms with van der Waals surface area (Å²) < 4.78 is 5.56. The number of amides is 1. The van der Waals surface area contributed by atoms with Crippen molar-refractivity contribution < 1.29 is 9.53 Å². The number of hydrogen-bond acceptors (Lipinski definition) is 5. The molecule has 4 rings (SSSR count). The lowest BCUT2D eigenvalue weighted by Gasteiger charge is -2.45. The lowest BCUT2D eigenvalue weighted by Crippen LogP contribution is -2.48. The van der Waals surface area contributed by atoms with Crippen molar-refractivity contribution in [3.8, 4) is 11.3 Å². The summed E-state index contributed by atoms with van der Waals surface area (Å²) in [6, 6.07) is 8.55. The minimum Gasteiger partial charge on any atom is -0.444 e. The fourth-order valence-electron chi connectivity index (χ4n) is 4.39. The van der Waals surface area contributed by atoms with E-state index in [1.807, 2.05) is 38.9 Å². The fraction of sp³-hybridized carbons (Fsp3) is 0.500. The molecule has 0 radical (unpaired) electrons. The molecule has 0 atom stereocenters. The van der Waals surface area contributed by atoms with Crippen LogP contribution in [0, 0.1) is 0 Å². The Balaban J connectivity index is 1.62. The van der Waals surface area contributed by atoms with Crippen LogP contribution in [-0.2, 0) is 16.6 Å². The summed E-state index contributed by atoms with van der Waals surface area (Å²) in [6.07, 6.45) is 4.47. The van der Waals surface area contributed by atoms with Crippen LogP contribution in [0.1, 0.15) is 44.7 Å². The number of carbonyl (C=O) groups is 1. The molecule has 1 aliphatic heterocycles. The fourth-order valence-corrected chi connectivity index (χ4v) is 4.39. The Morgan fingerprint density at radius 1 is 1.21 bits per heavy atom. The van der Waals surface area contributed by atoms with Crippen molar-refractivity contribution in [2.75, 3.05) is 25.5 Å². The zero-order valence-electron chi connectivity index (χ0n) is 17.1. The number of rotatable bonds is 1. The highest BCUT2D eigenvalue weighted by Gasteiger charge is 2.43. The molecular weight excluding hydrogens is 352 g/mol. The number of likely N-dealkylation sites (tertiary alicyclic amines) is 1. The first-order valence-corrected chi connectivity index (χ1v) is 9.93. The van der Waals surface area contributed by atoms with Gasteiger partial charge < -0.3 is 15.0 Å². The summed E-state index contributed by atoms with van der Waals surface area (Å²) >= 11 is 0. The smallest absolute Gasteiger partial charge is 0.410 e. The first kappa shape index (κ1) is 18.7. The molecule has 1 aliphatic carbocycles. The van der Waals surface area contributed by atoms with E-state index in [1.54, 1.807) is 0 Å². The molecular formula is C22H28N4O2. The Morgan fingerprint density at radius 2 is 1.93 bits per heavy atom. The number of nitrogens with one attached hydrogen (secondary N) is 1. The highest BCUT2D eigenvalue weighted by atomic mass is 16.6. The summed E-state index contributed by atoms with van der Waals surface area (Å²) in [5.41, 5.74) is 4.29. The van der Waals surface area contributed by atoms with Crippen molar-refractivity contribution in [3.63, 3.8) is 0 Å². The van der Waals surface area contributed by atoms with Crippen LogP contribution < -0.4 is 5.32 Å². The zero-order valence-corrected chi connectivity index (χ0v) is 17.1. The monoisotopic (exact) mass is 380 g/mol. The van der Waals surface area contributed by atoms with Crippen LogP contribution in [0.2, 0.25) is 0 Å². The van der Waals surface area contributed by atoms with Crippen LogP contribution in [0.3, 0.4) is 0 Å². The van der Waals surface area contributed by atoms with E-state index in [9.17, 15) is 4.79 Å². The second-order valence-electron chi connectivity index (χ2n) is 8.79.